The molecule has 1 aliphatic heterocycles. The first-order chi connectivity index (χ1) is 12.0. The molecular formula is C18H21N3O4. The van der Waals surface area contributed by atoms with Gasteiger partial charge in [-0.1, -0.05) is 6.07 Å². The number of benzene rings is 1. The van der Waals surface area contributed by atoms with Crippen LogP contribution in [0.5, 0.6) is 5.75 Å². The van der Waals surface area contributed by atoms with Crippen LogP contribution in [0.1, 0.15) is 34.8 Å². The summed E-state index contributed by atoms with van der Waals surface area (Å²) in [5.41, 5.74) is 1.72. The first-order valence-corrected chi connectivity index (χ1v) is 8.26. The van der Waals surface area contributed by atoms with Crippen molar-refractivity contribution in [3.8, 4) is 5.75 Å². The molecule has 1 N–H and O–H groups in total. The minimum Gasteiger partial charge on any atom is -0.482 e. The van der Waals surface area contributed by atoms with Crippen molar-refractivity contribution in [1.29, 1.82) is 0 Å². The Balaban J connectivity index is 1.62. The van der Waals surface area contributed by atoms with Gasteiger partial charge in [0, 0.05) is 43.5 Å². The molecule has 1 aliphatic rings. The Kier molecular flexibility index (Phi) is 5.02. The summed E-state index contributed by atoms with van der Waals surface area (Å²) in [7, 11) is 1.94. The highest BCUT2D eigenvalue weighted by Crippen LogP contribution is 2.28. The fourth-order valence-corrected chi connectivity index (χ4v) is 3.21. The molecule has 0 bridgehead atoms. The zero-order valence-electron chi connectivity index (χ0n) is 14.1. The van der Waals surface area contributed by atoms with Gasteiger partial charge in [-0.3, -0.25) is 9.48 Å². The number of rotatable bonds is 5. The second-order valence-electron chi connectivity index (χ2n) is 6.16. The Morgan fingerprint density at radius 2 is 2.04 bits per heavy atom. The van der Waals surface area contributed by atoms with E-state index in [0.29, 0.717) is 30.3 Å². The Hall–Kier alpha value is -2.83. The van der Waals surface area contributed by atoms with Crippen LogP contribution in [-0.4, -0.2) is 51.4 Å². The number of nitrogens with zero attached hydrogens (tertiary/aromatic N) is 3. The maximum absolute atomic E-state index is 12.7. The van der Waals surface area contributed by atoms with Crippen molar-refractivity contribution in [2.75, 3.05) is 19.7 Å². The van der Waals surface area contributed by atoms with Crippen LogP contribution in [0.4, 0.5) is 0 Å². The van der Waals surface area contributed by atoms with Gasteiger partial charge in [0.1, 0.15) is 5.75 Å². The van der Waals surface area contributed by atoms with E-state index in [0.717, 1.165) is 12.8 Å². The van der Waals surface area contributed by atoms with E-state index < -0.39 is 12.6 Å². The fraction of sp³-hybridized carbons (Fsp3) is 0.389. The second-order valence-corrected chi connectivity index (χ2v) is 6.16. The van der Waals surface area contributed by atoms with Gasteiger partial charge in [0.15, 0.2) is 6.61 Å². The number of carbonyl (C=O) groups is 2. The quantitative estimate of drug-likeness (QED) is 0.896. The van der Waals surface area contributed by atoms with Crippen LogP contribution in [0.25, 0.3) is 0 Å². The van der Waals surface area contributed by atoms with E-state index in [1.165, 1.54) is 5.69 Å². The van der Waals surface area contributed by atoms with Gasteiger partial charge >= 0.3 is 5.97 Å². The number of carbonyl (C=O) groups excluding carboxylic acids is 1. The van der Waals surface area contributed by atoms with Crippen LogP contribution in [0.3, 0.4) is 0 Å². The average Bonchev–Trinajstić information content (AvgIpc) is 3.06. The lowest BCUT2D eigenvalue weighted by Gasteiger charge is -2.32. The van der Waals surface area contributed by atoms with Crippen LogP contribution in [0.2, 0.25) is 0 Å². The SMILES string of the molecule is Cn1nccc1C1CCN(C(=O)c2cccc(OCC(=O)O)c2)CC1. The topological polar surface area (TPSA) is 84.7 Å². The molecule has 132 valence electrons. The third kappa shape index (κ3) is 3.99. The molecule has 1 saturated heterocycles. The van der Waals surface area contributed by atoms with Crippen LogP contribution in [0, 0.1) is 0 Å². The van der Waals surface area contributed by atoms with Crippen molar-refractivity contribution in [3.63, 3.8) is 0 Å². The summed E-state index contributed by atoms with van der Waals surface area (Å²) in [5.74, 6) is -0.294. The predicted molar refractivity (Wildman–Crippen MR) is 90.7 cm³/mol. The largest absolute Gasteiger partial charge is 0.482 e. The number of piperidine rings is 1. The van der Waals surface area contributed by atoms with E-state index in [9.17, 15) is 9.59 Å². The predicted octanol–water partition coefficient (Wildman–Crippen LogP) is 1.90. The van der Waals surface area contributed by atoms with E-state index in [1.54, 1.807) is 30.5 Å². The van der Waals surface area contributed by atoms with Gasteiger partial charge in [0.25, 0.3) is 5.91 Å². The molecule has 1 fully saturated rings. The molecule has 0 spiro atoms. The van der Waals surface area contributed by atoms with Crippen molar-refractivity contribution in [1.82, 2.24) is 14.7 Å². The molecule has 0 saturated carbocycles. The zero-order chi connectivity index (χ0) is 17.8. The molecular weight excluding hydrogens is 322 g/mol. The molecule has 0 unspecified atom stereocenters. The number of ether oxygens (including phenoxy) is 1. The van der Waals surface area contributed by atoms with Crippen LogP contribution < -0.4 is 4.74 Å². The monoisotopic (exact) mass is 343 g/mol. The van der Waals surface area contributed by atoms with Crippen molar-refractivity contribution in [3.05, 3.63) is 47.8 Å². The number of carboxylic acid groups (broad SMARTS) is 1. The van der Waals surface area contributed by atoms with Crippen LogP contribution >= 0.6 is 0 Å². The van der Waals surface area contributed by atoms with Gasteiger partial charge in [-0.25, -0.2) is 4.79 Å². The van der Waals surface area contributed by atoms with Gasteiger partial charge < -0.3 is 14.7 Å². The lowest BCUT2D eigenvalue weighted by atomic mass is 9.93. The summed E-state index contributed by atoms with van der Waals surface area (Å²) >= 11 is 0. The van der Waals surface area contributed by atoms with E-state index in [4.69, 9.17) is 9.84 Å². The third-order valence-electron chi connectivity index (χ3n) is 4.50. The number of hydrogen-bond donors (Lipinski definition) is 1. The summed E-state index contributed by atoms with van der Waals surface area (Å²) in [6, 6.07) is 8.70. The number of hydrogen-bond acceptors (Lipinski definition) is 4. The molecule has 1 amide bonds. The van der Waals surface area contributed by atoms with Gasteiger partial charge in [-0.15, -0.1) is 0 Å². The highest BCUT2D eigenvalue weighted by atomic mass is 16.5. The van der Waals surface area contributed by atoms with Crippen molar-refractivity contribution < 1.29 is 19.4 Å². The first-order valence-electron chi connectivity index (χ1n) is 8.26. The Labute approximate surface area is 145 Å². The lowest BCUT2D eigenvalue weighted by Crippen LogP contribution is -2.38. The molecule has 1 aromatic heterocycles. The smallest absolute Gasteiger partial charge is 0.341 e. The zero-order valence-corrected chi connectivity index (χ0v) is 14.1. The molecule has 25 heavy (non-hydrogen) atoms. The average molecular weight is 343 g/mol. The number of carboxylic acids is 1. The molecule has 0 radical (unpaired) electrons. The highest BCUT2D eigenvalue weighted by Gasteiger charge is 2.26. The fourth-order valence-electron chi connectivity index (χ4n) is 3.21. The Morgan fingerprint density at radius 3 is 2.68 bits per heavy atom. The standard InChI is InChI=1S/C18H21N3O4/c1-20-16(5-8-19-20)13-6-9-21(10-7-13)18(24)14-3-2-4-15(11-14)25-12-17(22)23/h2-5,8,11,13H,6-7,9-10,12H2,1H3,(H,22,23). The van der Waals surface area contributed by atoms with Gasteiger partial charge in [0.05, 0.1) is 0 Å². The summed E-state index contributed by atoms with van der Waals surface area (Å²) < 4.78 is 7.04. The highest BCUT2D eigenvalue weighted by molar-refractivity contribution is 5.94. The van der Waals surface area contributed by atoms with Gasteiger partial charge in [-0.2, -0.15) is 5.10 Å². The Morgan fingerprint density at radius 1 is 1.28 bits per heavy atom. The van der Waals surface area contributed by atoms with E-state index in [1.807, 2.05) is 22.7 Å². The number of aromatic nitrogens is 2. The lowest BCUT2D eigenvalue weighted by molar-refractivity contribution is -0.139. The van der Waals surface area contributed by atoms with Crippen molar-refractivity contribution in [2.45, 2.75) is 18.8 Å². The maximum Gasteiger partial charge on any atom is 0.341 e. The Bertz CT molecular complexity index is 763. The van der Waals surface area contributed by atoms with E-state index in [-0.39, 0.29) is 5.91 Å². The minimum absolute atomic E-state index is 0.0516. The van der Waals surface area contributed by atoms with Crippen molar-refractivity contribution >= 4 is 11.9 Å². The summed E-state index contributed by atoms with van der Waals surface area (Å²) in [5, 5.41) is 12.9. The van der Waals surface area contributed by atoms with Gasteiger partial charge in [-0.05, 0) is 37.1 Å². The van der Waals surface area contributed by atoms with Crippen LogP contribution in [-0.2, 0) is 11.8 Å². The van der Waals surface area contributed by atoms with Gasteiger partial charge in [0.2, 0.25) is 0 Å². The molecule has 7 heteroatoms. The molecule has 3 rings (SSSR count). The summed E-state index contributed by atoms with van der Waals surface area (Å²) in [4.78, 5) is 25.1. The molecule has 2 aromatic rings. The second kappa shape index (κ2) is 7.38. The molecule has 0 aliphatic carbocycles. The van der Waals surface area contributed by atoms with Crippen LogP contribution in [0.15, 0.2) is 36.5 Å². The normalized spacial score (nSPS) is 15.2. The number of aryl methyl sites for hydroxylation is 1. The molecule has 7 nitrogen and oxygen atoms in total. The maximum atomic E-state index is 12.7. The van der Waals surface area contributed by atoms with E-state index >= 15 is 0 Å². The van der Waals surface area contributed by atoms with Crippen molar-refractivity contribution in [2.24, 2.45) is 7.05 Å². The number of aliphatic carboxylic acids is 1. The molecule has 1 aromatic carbocycles. The molecule has 0 atom stereocenters. The number of amides is 1. The summed E-state index contributed by atoms with van der Waals surface area (Å²) in [6.45, 7) is 0.956. The first kappa shape index (κ1) is 17.0. The third-order valence-corrected chi connectivity index (χ3v) is 4.50. The minimum atomic E-state index is -1.05. The number of likely N-dealkylation sites (tertiary alicyclic amines) is 1. The van der Waals surface area contributed by atoms with E-state index in [2.05, 4.69) is 5.10 Å². The summed E-state index contributed by atoms with van der Waals surface area (Å²) in [6.07, 6.45) is 3.61. The molecule has 2 heterocycles.